The molecule has 2 heterocycles. The Bertz CT molecular complexity index is 1830. The van der Waals surface area contributed by atoms with Gasteiger partial charge in [0.25, 0.3) is 0 Å². The van der Waals surface area contributed by atoms with E-state index >= 15 is 0 Å². The molecule has 49 heavy (non-hydrogen) atoms. The minimum atomic E-state index is -3.38. The monoisotopic (exact) mass is 686 g/mol. The molecular formula is C39H50N4O5S. The van der Waals surface area contributed by atoms with Gasteiger partial charge < -0.3 is 18.9 Å². The normalized spacial score (nSPS) is 17.0. The molecule has 4 aromatic rings. The summed E-state index contributed by atoms with van der Waals surface area (Å²) in [5, 5.41) is 1.21. The third-order valence-corrected chi connectivity index (χ3v) is 11.6. The summed E-state index contributed by atoms with van der Waals surface area (Å²) < 4.78 is 42.1. The Kier molecular flexibility index (Phi) is 11.4. The van der Waals surface area contributed by atoms with Crippen molar-refractivity contribution in [2.75, 3.05) is 53.2 Å². The number of fused-ring (bicyclic) bond motifs is 5. The first-order valence-corrected chi connectivity index (χ1v) is 19.3. The number of nitrogens with one attached hydrogen (secondary N) is 1. The summed E-state index contributed by atoms with van der Waals surface area (Å²) in [5.74, 6) is 1.07. The molecule has 1 N–H and O–H groups in total. The number of nitrogens with zero attached hydrogens (tertiary/aromatic N) is 3. The lowest BCUT2D eigenvalue weighted by molar-refractivity contribution is 0.0601. The molecule has 1 atom stereocenters. The fourth-order valence-corrected chi connectivity index (χ4v) is 8.51. The number of ether oxygens (including phenoxy) is 2. The molecule has 9 nitrogen and oxygen atoms in total. The first-order chi connectivity index (χ1) is 23.7. The largest absolute Gasteiger partial charge is 0.491 e. The first kappa shape index (κ1) is 35.1. The lowest BCUT2D eigenvalue weighted by atomic mass is 9.81. The van der Waals surface area contributed by atoms with E-state index in [4.69, 9.17) is 9.47 Å². The molecule has 0 unspecified atom stereocenters. The number of likely N-dealkylation sites (N-methyl/N-ethyl adjacent to an activating group) is 1. The summed E-state index contributed by atoms with van der Waals surface area (Å²) in [6.07, 6.45) is 6.94. The molecule has 262 valence electrons. The second-order valence-electron chi connectivity index (χ2n) is 13.7. The van der Waals surface area contributed by atoms with Crippen LogP contribution < -0.4 is 9.46 Å². The summed E-state index contributed by atoms with van der Waals surface area (Å²) in [6, 6.07) is 24.1. The molecule has 10 heteroatoms. The van der Waals surface area contributed by atoms with Gasteiger partial charge in [-0.3, -0.25) is 4.90 Å². The quantitative estimate of drug-likeness (QED) is 0.166. The maximum atomic E-state index is 12.7. The van der Waals surface area contributed by atoms with Gasteiger partial charge in [0.1, 0.15) is 12.4 Å². The molecule has 3 aromatic carbocycles. The Hall–Kier alpha value is -3.70. The number of methoxy groups -OCH3 is 1. The fraction of sp³-hybridized carbons (Fsp3) is 0.462. The molecule has 6 rings (SSSR count). The summed E-state index contributed by atoms with van der Waals surface area (Å²) in [5.41, 5.74) is 6.26. The minimum absolute atomic E-state index is 0.0580. The number of carbonyl (C=O) groups is 1. The van der Waals surface area contributed by atoms with E-state index < -0.39 is 10.0 Å². The van der Waals surface area contributed by atoms with Crippen molar-refractivity contribution in [1.82, 2.24) is 19.1 Å². The van der Waals surface area contributed by atoms with E-state index in [0.717, 1.165) is 61.3 Å². The zero-order valence-electron chi connectivity index (χ0n) is 29.1. The summed E-state index contributed by atoms with van der Waals surface area (Å²) in [7, 11) is 2.18. The smallest absolute Gasteiger partial charge is 0.337 e. The second-order valence-corrected chi connectivity index (χ2v) is 15.6. The van der Waals surface area contributed by atoms with Gasteiger partial charge >= 0.3 is 5.97 Å². The van der Waals surface area contributed by atoms with Crippen molar-refractivity contribution in [1.29, 1.82) is 0 Å². The Balaban J connectivity index is 1.18. The maximum absolute atomic E-state index is 12.7. The molecule has 2 aliphatic rings. The van der Waals surface area contributed by atoms with Gasteiger partial charge in [-0.25, -0.2) is 17.9 Å². The number of para-hydroxylation sites is 1. The van der Waals surface area contributed by atoms with Gasteiger partial charge in [0.15, 0.2) is 0 Å². The Morgan fingerprint density at radius 3 is 2.49 bits per heavy atom. The number of carbonyl (C=O) groups excluding carboxylic acids is 1. The second kappa shape index (κ2) is 15.9. The third-order valence-electron chi connectivity index (χ3n) is 10.3. The van der Waals surface area contributed by atoms with Gasteiger partial charge in [-0.1, -0.05) is 67.8 Å². The van der Waals surface area contributed by atoms with Gasteiger partial charge in [-0.05, 0) is 87.8 Å². The van der Waals surface area contributed by atoms with Gasteiger partial charge in [0, 0.05) is 36.1 Å². The van der Waals surface area contributed by atoms with E-state index in [1.807, 2.05) is 55.6 Å². The van der Waals surface area contributed by atoms with E-state index in [-0.39, 0.29) is 17.8 Å². The van der Waals surface area contributed by atoms with E-state index in [2.05, 4.69) is 50.4 Å². The molecule has 0 amide bonds. The van der Waals surface area contributed by atoms with Crippen molar-refractivity contribution in [3.05, 3.63) is 89.5 Å². The van der Waals surface area contributed by atoms with Crippen LogP contribution >= 0.6 is 0 Å². The highest BCUT2D eigenvalue weighted by atomic mass is 32.2. The predicted octanol–water partition coefficient (Wildman–Crippen LogP) is 6.28. The van der Waals surface area contributed by atoms with Crippen LogP contribution in [0.2, 0.25) is 0 Å². The number of rotatable bonds is 13. The fourth-order valence-electron chi connectivity index (χ4n) is 7.43. The number of benzene rings is 3. The van der Waals surface area contributed by atoms with Crippen LogP contribution in [0.4, 0.5) is 0 Å². The Morgan fingerprint density at radius 1 is 0.959 bits per heavy atom. The lowest BCUT2D eigenvalue weighted by Gasteiger charge is -2.33. The van der Waals surface area contributed by atoms with Crippen molar-refractivity contribution >= 4 is 26.9 Å². The Labute approximate surface area is 291 Å². The van der Waals surface area contributed by atoms with Crippen LogP contribution in [-0.2, 0) is 27.8 Å². The van der Waals surface area contributed by atoms with Crippen LogP contribution in [0.3, 0.4) is 0 Å². The van der Waals surface area contributed by atoms with Crippen molar-refractivity contribution in [3.63, 3.8) is 0 Å². The number of aromatic nitrogens is 1. The highest BCUT2D eigenvalue weighted by Gasteiger charge is 2.31. The van der Waals surface area contributed by atoms with Crippen LogP contribution in [0, 0.1) is 0 Å². The topological polar surface area (TPSA) is 93.1 Å². The van der Waals surface area contributed by atoms with Gasteiger partial charge in [0.05, 0.1) is 30.2 Å². The molecule has 1 fully saturated rings. The highest BCUT2D eigenvalue weighted by molar-refractivity contribution is 7.89. The van der Waals surface area contributed by atoms with Gasteiger partial charge in [-0.15, -0.1) is 0 Å². The summed E-state index contributed by atoms with van der Waals surface area (Å²) in [4.78, 5) is 17.1. The average Bonchev–Trinajstić information content (AvgIpc) is 3.43. The SMILES string of the molecule is COC(=O)c1ccc2c(C3CCCCC3)c3n(c2c1)C[C@@H](N(C)CCCN(C)CCS(=O)(=O)NCc1ccccc1)COc1ccccc1-3. The van der Waals surface area contributed by atoms with E-state index in [1.54, 1.807) is 0 Å². The molecular weight excluding hydrogens is 637 g/mol. The van der Waals surface area contributed by atoms with E-state index in [1.165, 1.54) is 43.0 Å². The molecule has 0 bridgehead atoms. The van der Waals surface area contributed by atoms with Gasteiger partial charge in [0.2, 0.25) is 10.0 Å². The van der Waals surface area contributed by atoms with Crippen molar-refractivity contribution in [3.8, 4) is 17.0 Å². The minimum Gasteiger partial charge on any atom is -0.491 e. The van der Waals surface area contributed by atoms with Crippen LogP contribution in [-0.4, -0.2) is 88.0 Å². The van der Waals surface area contributed by atoms with Crippen molar-refractivity contribution in [2.24, 2.45) is 0 Å². The molecule has 1 aliphatic heterocycles. The maximum Gasteiger partial charge on any atom is 0.337 e. The summed E-state index contributed by atoms with van der Waals surface area (Å²) >= 11 is 0. The van der Waals surface area contributed by atoms with Crippen LogP contribution in [0.5, 0.6) is 5.75 Å². The number of hydrogen-bond donors (Lipinski definition) is 1. The molecule has 0 saturated heterocycles. The molecule has 0 radical (unpaired) electrons. The average molecular weight is 687 g/mol. The Morgan fingerprint density at radius 2 is 1.71 bits per heavy atom. The summed E-state index contributed by atoms with van der Waals surface area (Å²) in [6.45, 7) is 3.62. The lowest BCUT2D eigenvalue weighted by Crippen LogP contribution is -2.42. The van der Waals surface area contributed by atoms with E-state index in [0.29, 0.717) is 31.2 Å². The standard InChI is InChI=1S/C39H50N4O5S/c1-41(23-24-49(45,46)40-26-29-13-6-4-7-14-29)21-12-22-42(2)32-27-43-35-25-31(39(44)47-3)19-20-33(35)37(30-15-8-5-9-16-30)38(43)34-17-10-11-18-36(34)48-28-32/h4,6-7,10-11,13-14,17-20,25,30,32,40H,5,8-9,12,15-16,21-24,26-28H2,1-3H3/t32-/m1/s1. The molecule has 1 saturated carbocycles. The van der Waals surface area contributed by atoms with Crippen molar-refractivity contribution < 1.29 is 22.7 Å². The zero-order chi connectivity index (χ0) is 34.4. The van der Waals surface area contributed by atoms with Crippen LogP contribution in [0.15, 0.2) is 72.8 Å². The zero-order valence-corrected chi connectivity index (χ0v) is 29.9. The van der Waals surface area contributed by atoms with Crippen molar-refractivity contribution in [2.45, 2.75) is 63.6 Å². The van der Waals surface area contributed by atoms with Crippen LogP contribution in [0.1, 0.15) is 65.9 Å². The van der Waals surface area contributed by atoms with E-state index in [9.17, 15) is 13.2 Å². The first-order valence-electron chi connectivity index (χ1n) is 17.6. The van der Waals surface area contributed by atoms with Gasteiger partial charge in [-0.2, -0.15) is 0 Å². The predicted molar refractivity (Wildman–Crippen MR) is 196 cm³/mol. The number of esters is 1. The number of sulfonamides is 1. The molecule has 1 aliphatic carbocycles. The van der Waals surface area contributed by atoms with Crippen LogP contribution in [0.25, 0.3) is 22.2 Å². The molecule has 0 spiro atoms. The highest BCUT2D eigenvalue weighted by Crippen LogP contribution is 2.47. The third kappa shape index (κ3) is 8.37. The molecule has 1 aromatic heterocycles. The number of hydrogen-bond acceptors (Lipinski definition) is 7.